The Morgan fingerprint density at radius 1 is 1.28 bits per heavy atom. The maximum absolute atomic E-state index is 12.9. The zero-order valence-corrected chi connectivity index (χ0v) is 17.0. The third-order valence-electron chi connectivity index (χ3n) is 4.88. The van der Waals surface area contributed by atoms with Gasteiger partial charge in [-0.1, -0.05) is 6.92 Å². The van der Waals surface area contributed by atoms with Gasteiger partial charge < -0.3 is 15.2 Å². The number of rotatable bonds is 6. The lowest BCUT2D eigenvalue weighted by Gasteiger charge is -2.30. The van der Waals surface area contributed by atoms with Crippen LogP contribution in [0.5, 0.6) is 11.5 Å². The summed E-state index contributed by atoms with van der Waals surface area (Å²) < 4.78 is 32.2. The molecule has 2 aromatic rings. The quantitative estimate of drug-likeness (QED) is 0.541. The van der Waals surface area contributed by atoms with E-state index in [1.54, 1.807) is 6.07 Å². The molecule has 1 aliphatic rings. The van der Waals surface area contributed by atoms with Crippen LogP contribution >= 0.6 is 0 Å². The number of nitro groups is 1. The van der Waals surface area contributed by atoms with Crippen LogP contribution in [0, 0.1) is 16.0 Å². The van der Waals surface area contributed by atoms with Crippen molar-refractivity contribution in [3.8, 4) is 11.5 Å². The maximum Gasteiger partial charge on any atom is 0.294 e. The van der Waals surface area contributed by atoms with Crippen LogP contribution < -0.4 is 10.1 Å². The third kappa shape index (κ3) is 4.43. The summed E-state index contributed by atoms with van der Waals surface area (Å²) in [6.45, 7) is 2.80. The van der Waals surface area contributed by atoms with E-state index in [1.807, 2.05) is 6.92 Å². The molecule has 1 atom stereocenters. The summed E-state index contributed by atoms with van der Waals surface area (Å²) in [7, 11) is -2.40. The first-order chi connectivity index (χ1) is 13.7. The Morgan fingerprint density at radius 2 is 2.03 bits per heavy atom. The number of nitrogens with zero attached hydrogens (tertiary/aromatic N) is 2. The lowest BCUT2D eigenvalue weighted by Crippen LogP contribution is -2.39. The van der Waals surface area contributed by atoms with Gasteiger partial charge in [-0.25, -0.2) is 8.42 Å². The highest BCUT2D eigenvalue weighted by atomic mass is 32.2. The number of ether oxygens (including phenoxy) is 1. The number of hydrogen-bond donors (Lipinski definition) is 2. The van der Waals surface area contributed by atoms with E-state index in [0.717, 1.165) is 18.9 Å². The largest absolute Gasteiger partial charge is 0.504 e. The van der Waals surface area contributed by atoms with Crippen molar-refractivity contribution in [3.63, 3.8) is 0 Å². The lowest BCUT2D eigenvalue weighted by atomic mass is 10.0. The molecule has 1 saturated heterocycles. The fourth-order valence-corrected chi connectivity index (χ4v) is 4.98. The highest BCUT2D eigenvalue weighted by molar-refractivity contribution is 7.89. The van der Waals surface area contributed by atoms with Gasteiger partial charge in [-0.15, -0.1) is 0 Å². The van der Waals surface area contributed by atoms with Crippen LogP contribution in [-0.2, 0) is 10.0 Å². The van der Waals surface area contributed by atoms with Gasteiger partial charge in [0.25, 0.3) is 5.69 Å². The summed E-state index contributed by atoms with van der Waals surface area (Å²) in [6, 6.07) is 8.25. The first-order valence-electron chi connectivity index (χ1n) is 9.15. The zero-order valence-electron chi connectivity index (χ0n) is 16.2. The van der Waals surface area contributed by atoms with Crippen LogP contribution in [-0.4, -0.2) is 43.0 Å². The average Bonchev–Trinajstić information content (AvgIpc) is 2.68. The van der Waals surface area contributed by atoms with Gasteiger partial charge in [0.2, 0.25) is 10.0 Å². The Balaban J connectivity index is 1.93. The number of phenols is 1. The van der Waals surface area contributed by atoms with Crippen LogP contribution in [0.2, 0.25) is 0 Å². The molecule has 1 unspecified atom stereocenters. The average molecular weight is 421 g/mol. The summed E-state index contributed by atoms with van der Waals surface area (Å²) >= 11 is 0. The monoisotopic (exact) mass is 421 g/mol. The van der Waals surface area contributed by atoms with E-state index in [1.165, 1.54) is 35.7 Å². The lowest BCUT2D eigenvalue weighted by molar-refractivity contribution is -0.384. The molecule has 0 aromatic heterocycles. The SMILES string of the molecule is COc1ccc(Nc2ccc(S(=O)(=O)N3CCCC(C)C3)cc2[N+](=O)[O-])cc1O. The van der Waals surface area contributed by atoms with E-state index >= 15 is 0 Å². The van der Waals surface area contributed by atoms with Crippen molar-refractivity contribution >= 4 is 27.1 Å². The predicted molar refractivity (Wildman–Crippen MR) is 108 cm³/mol. The molecule has 2 N–H and O–H groups in total. The summed E-state index contributed by atoms with van der Waals surface area (Å²) in [5.41, 5.74) is 0.142. The van der Waals surface area contributed by atoms with Crippen molar-refractivity contribution in [2.75, 3.05) is 25.5 Å². The van der Waals surface area contributed by atoms with Crippen LogP contribution in [0.25, 0.3) is 0 Å². The normalized spacial score (nSPS) is 17.7. The van der Waals surface area contributed by atoms with Gasteiger partial charge in [0.05, 0.1) is 16.9 Å². The minimum Gasteiger partial charge on any atom is -0.504 e. The zero-order chi connectivity index (χ0) is 21.2. The number of piperidine rings is 1. The second kappa shape index (κ2) is 8.26. The Bertz CT molecular complexity index is 1020. The maximum atomic E-state index is 12.9. The van der Waals surface area contributed by atoms with Crippen LogP contribution in [0.4, 0.5) is 17.1 Å². The molecular formula is C19H23N3O6S. The van der Waals surface area contributed by atoms with Gasteiger partial charge in [-0.2, -0.15) is 4.31 Å². The van der Waals surface area contributed by atoms with Gasteiger partial charge in [0.1, 0.15) is 5.69 Å². The van der Waals surface area contributed by atoms with Crippen molar-refractivity contribution in [1.29, 1.82) is 0 Å². The van der Waals surface area contributed by atoms with Crippen LogP contribution in [0.15, 0.2) is 41.3 Å². The molecule has 0 bridgehead atoms. The molecule has 1 fully saturated rings. The van der Waals surface area contributed by atoms with Crippen LogP contribution in [0.1, 0.15) is 19.8 Å². The molecule has 9 nitrogen and oxygen atoms in total. The fraction of sp³-hybridized carbons (Fsp3) is 0.368. The number of aromatic hydroxyl groups is 1. The molecule has 2 aromatic carbocycles. The number of methoxy groups -OCH3 is 1. The second-order valence-electron chi connectivity index (χ2n) is 7.06. The number of nitro benzene ring substituents is 1. The number of phenolic OH excluding ortho intramolecular Hbond substituents is 1. The first-order valence-corrected chi connectivity index (χ1v) is 10.6. The van der Waals surface area contributed by atoms with E-state index < -0.39 is 14.9 Å². The minimum absolute atomic E-state index is 0.110. The third-order valence-corrected chi connectivity index (χ3v) is 6.74. The second-order valence-corrected chi connectivity index (χ2v) is 9.00. The molecular weight excluding hydrogens is 398 g/mol. The standard InChI is InChI=1S/C19H23N3O6S/c1-13-4-3-9-21(12-13)29(26,27)15-6-7-16(17(11-15)22(24)25)20-14-5-8-19(28-2)18(23)10-14/h5-8,10-11,13,20,23H,3-4,9,12H2,1-2H3. The molecule has 10 heteroatoms. The summed E-state index contributed by atoms with van der Waals surface area (Å²) in [5, 5.41) is 24.3. The van der Waals surface area contributed by atoms with Crippen LogP contribution in [0.3, 0.4) is 0 Å². The smallest absolute Gasteiger partial charge is 0.294 e. The van der Waals surface area contributed by atoms with Gasteiger partial charge >= 0.3 is 0 Å². The Kier molecular flexibility index (Phi) is 5.94. The highest BCUT2D eigenvalue weighted by Crippen LogP contribution is 2.35. The van der Waals surface area contributed by atoms with E-state index in [9.17, 15) is 23.6 Å². The van der Waals surface area contributed by atoms with Crippen molar-refractivity contribution in [1.82, 2.24) is 4.31 Å². The van der Waals surface area contributed by atoms with Crippen molar-refractivity contribution < 1.29 is 23.2 Å². The number of anilines is 2. The van der Waals surface area contributed by atoms with Crippen molar-refractivity contribution in [2.45, 2.75) is 24.7 Å². The summed E-state index contributed by atoms with van der Waals surface area (Å²) in [5.74, 6) is 0.387. The molecule has 3 rings (SSSR count). The van der Waals surface area contributed by atoms with E-state index in [4.69, 9.17) is 4.74 Å². The highest BCUT2D eigenvalue weighted by Gasteiger charge is 2.30. The minimum atomic E-state index is -3.81. The number of benzene rings is 2. The number of hydrogen-bond acceptors (Lipinski definition) is 7. The van der Waals surface area contributed by atoms with Crippen molar-refractivity contribution in [2.24, 2.45) is 5.92 Å². The van der Waals surface area contributed by atoms with E-state index in [2.05, 4.69) is 5.32 Å². The van der Waals surface area contributed by atoms with Gasteiger partial charge in [-0.05, 0) is 43.0 Å². The van der Waals surface area contributed by atoms with Gasteiger partial charge in [0.15, 0.2) is 11.5 Å². The van der Waals surface area contributed by atoms with E-state index in [0.29, 0.717) is 18.8 Å². The topological polar surface area (TPSA) is 122 Å². The van der Waals surface area contributed by atoms with Crippen molar-refractivity contribution in [3.05, 3.63) is 46.5 Å². The summed E-state index contributed by atoms with van der Waals surface area (Å²) in [6.07, 6.45) is 1.73. The molecule has 0 spiro atoms. The van der Waals surface area contributed by atoms with Gasteiger partial charge in [-0.3, -0.25) is 10.1 Å². The molecule has 1 heterocycles. The number of sulfonamides is 1. The first kappa shape index (κ1) is 20.9. The molecule has 0 saturated carbocycles. The molecule has 0 aliphatic carbocycles. The Labute approximate surface area is 169 Å². The molecule has 29 heavy (non-hydrogen) atoms. The molecule has 0 radical (unpaired) electrons. The Hall–Kier alpha value is -2.85. The molecule has 0 amide bonds. The summed E-state index contributed by atoms with van der Waals surface area (Å²) in [4.78, 5) is 10.8. The molecule has 156 valence electrons. The predicted octanol–water partition coefficient (Wildman–Crippen LogP) is 3.47. The molecule has 1 aliphatic heterocycles. The van der Waals surface area contributed by atoms with E-state index in [-0.39, 0.29) is 33.7 Å². The van der Waals surface area contributed by atoms with Gasteiger partial charge in [0, 0.05) is 30.9 Å². The number of nitrogens with one attached hydrogen (secondary N) is 1. The Morgan fingerprint density at radius 3 is 2.66 bits per heavy atom. The fourth-order valence-electron chi connectivity index (χ4n) is 3.37.